The predicted molar refractivity (Wildman–Crippen MR) is 62.8 cm³/mol. The van der Waals surface area contributed by atoms with Gasteiger partial charge in [0.25, 0.3) is 0 Å². The monoisotopic (exact) mass is 299 g/mol. The molecule has 96 valence electrons. The van der Waals surface area contributed by atoms with Crippen molar-refractivity contribution in [3.63, 3.8) is 0 Å². The lowest BCUT2D eigenvalue weighted by atomic mass is 10.1. The number of nitrogens with one attached hydrogen (secondary N) is 1. The van der Waals surface area contributed by atoms with Crippen LogP contribution in [-0.4, -0.2) is 36.7 Å². The molecule has 1 heterocycles. The van der Waals surface area contributed by atoms with Gasteiger partial charge in [0.1, 0.15) is 4.21 Å². The molecule has 0 bridgehead atoms. The molecule has 1 aromatic heterocycles. The Morgan fingerprint density at radius 2 is 2.18 bits per heavy atom. The van der Waals surface area contributed by atoms with Gasteiger partial charge in [-0.3, -0.25) is 0 Å². The molecular formula is C8H10ClNO5S2. The number of thiophene rings is 1. The first-order valence-electron chi connectivity index (χ1n) is 4.36. The van der Waals surface area contributed by atoms with Gasteiger partial charge in [0.05, 0.1) is 10.9 Å². The number of halogens is 1. The largest absolute Gasteiger partial charge is 0.479 e. The molecule has 0 aliphatic rings. The third-order valence-electron chi connectivity index (χ3n) is 1.88. The van der Waals surface area contributed by atoms with Crippen LogP contribution in [-0.2, 0) is 14.8 Å². The molecule has 1 atom stereocenters. The summed E-state index contributed by atoms with van der Waals surface area (Å²) in [4.78, 5) is 10.6. The summed E-state index contributed by atoms with van der Waals surface area (Å²) in [7, 11) is -3.85. The van der Waals surface area contributed by atoms with Crippen molar-refractivity contribution in [3.05, 3.63) is 16.5 Å². The highest BCUT2D eigenvalue weighted by Crippen LogP contribution is 2.25. The number of hydrogen-bond acceptors (Lipinski definition) is 5. The van der Waals surface area contributed by atoms with Crippen LogP contribution < -0.4 is 4.72 Å². The quantitative estimate of drug-likeness (QED) is 0.735. The average molecular weight is 300 g/mol. The molecule has 0 spiro atoms. The van der Waals surface area contributed by atoms with E-state index in [0.717, 1.165) is 18.3 Å². The van der Waals surface area contributed by atoms with Gasteiger partial charge >= 0.3 is 5.97 Å². The van der Waals surface area contributed by atoms with Gasteiger partial charge in [0.15, 0.2) is 5.60 Å². The number of aliphatic carboxylic acids is 1. The van der Waals surface area contributed by atoms with E-state index in [9.17, 15) is 18.3 Å². The van der Waals surface area contributed by atoms with E-state index in [2.05, 4.69) is 0 Å². The molecule has 1 unspecified atom stereocenters. The first-order valence-corrected chi connectivity index (χ1v) is 7.04. The van der Waals surface area contributed by atoms with Crippen LogP contribution in [0, 0.1) is 0 Å². The van der Waals surface area contributed by atoms with Crippen molar-refractivity contribution in [2.75, 3.05) is 6.54 Å². The summed E-state index contributed by atoms with van der Waals surface area (Å²) in [5.74, 6) is -1.51. The minimum atomic E-state index is -3.85. The molecule has 0 fully saturated rings. The van der Waals surface area contributed by atoms with E-state index in [0.29, 0.717) is 4.34 Å². The molecule has 0 aliphatic carbocycles. The highest BCUT2D eigenvalue weighted by atomic mass is 35.5. The van der Waals surface area contributed by atoms with Crippen LogP contribution in [0.25, 0.3) is 0 Å². The van der Waals surface area contributed by atoms with Gasteiger partial charge in [-0.25, -0.2) is 17.9 Å². The minimum absolute atomic E-state index is 0.0383. The Morgan fingerprint density at radius 3 is 2.59 bits per heavy atom. The van der Waals surface area contributed by atoms with Crippen LogP contribution in [0.4, 0.5) is 0 Å². The molecule has 9 heteroatoms. The lowest BCUT2D eigenvalue weighted by molar-refractivity contribution is -0.155. The first kappa shape index (κ1) is 14.4. The van der Waals surface area contributed by atoms with E-state index >= 15 is 0 Å². The van der Waals surface area contributed by atoms with E-state index in [4.69, 9.17) is 16.7 Å². The lowest BCUT2D eigenvalue weighted by Crippen LogP contribution is -2.46. The van der Waals surface area contributed by atoms with Gasteiger partial charge in [-0.05, 0) is 19.1 Å². The fraction of sp³-hybridized carbons (Fsp3) is 0.375. The maximum Gasteiger partial charge on any atom is 0.336 e. The molecule has 6 nitrogen and oxygen atoms in total. The maximum atomic E-state index is 11.7. The van der Waals surface area contributed by atoms with Crippen LogP contribution in [0.1, 0.15) is 6.92 Å². The number of carboxylic acid groups (broad SMARTS) is 1. The second-order valence-corrected chi connectivity index (χ2v) is 7.17. The first-order chi connectivity index (χ1) is 7.65. The summed E-state index contributed by atoms with van der Waals surface area (Å²) in [5, 5.41) is 18.0. The molecule has 1 aromatic rings. The van der Waals surface area contributed by atoms with Gasteiger partial charge in [0.2, 0.25) is 10.0 Å². The van der Waals surface area contributed by atoms with Gasteiger partial charge < -0.3 is 10.2 Å². The molecule has 0 saturated heterocycles. The minimum Gasteiger partial charge on any atom is -0.479 e. The molecule has 1 rings (SSSR count). The Bertz CT molecular complexity index is 522. The fourth-order valence-corrected chi connectivity index (χ4v) is 3.48. The molecule has 0 aromatic carbocycles. The number of hydrogen-bond donors (Lipinski definition) is 3. The smallest absolute Gasteiger partial charge is 0.336 e. The molecule has 0 amide bonds. The lowest BCUT2D eigenvalue weighted by Gasteiger charge is -2.17. The van der Waals surface area contributed by atoms with Crippen molar-refractivity contribution in [1.82, 2.24) is 4.72 Å². The summed E-state index contributed by atoms with van der Waals surface area (Å²) in [6.45, 7) is 0.374. The van der Waals surface area contributed by atoms with Gasteiger partial charge in [-0.1, -0.05) is 11.6 Å². The average Bonchev–Trinajstić information content (AvgIpc) is 2.63. The maximum absolute atomic E-state index is 11.7. The number of aliphatic hydroxyl groups is 1. The Labute approximate surface area is 107 Å². The van der Waals surface area contributed by atoms with Gasteiger partial charge in [-0.2, -0.15) is 0 Å². The van der Waals surface area contributed by atoms with Gasteiger partial charge in [-0.15, -0.1) is 11.3 Å². The second-order valence-electron chi connectivity index (χ2n) is 3.46. The number of carboxylic acids is 1. The predicted octanol–water partition coefficient (Wildman–Crippen LogP) is 0.515. The van der Waals surface area contributed by atoms with E-state index in [1.807, 2.05) is 4.72 Å². The molecule has 17 heavy (non-hydrogen) atoms. The summed E-state index contributed by atoms with van der Waals surface area (Å²) in [6.07, 6.45) is 0. The highest BCUT2D eigenvalue weighted by molar-refractivity contribution is 7.91. The van der Waals surface area contributed by atoms with Crippen LogP contribution in [0.3, 0.4) is 0 Å². The molecule has 0 saturated carbocycles. The van der Waals surface area contributed by atoms with Crippen molar-refractivity contribution in [2.45, 2.75) is 16.7 Å². The Balaban J connectivity index is 2.79. The molecule has 0 aliphatic heterocycles. The number of carbonyl (C=O) groups is 1. The standard InChI is InChI=1S/C8H10ClNO5S2/c1-8(13,7(11)12)4-10-17(14,15)6-3-2-5(9)16-6/h2-3,10,13H,4H2,1H3,(H,11,12). The zero-order valence-corrected chi connectivity index (χ0v) is 11.1. The Morgan fingerprint density at radius 1 is 1.59 bits per heavy atom. The highest BCUT2D eigenvalue weighted by Gasteiger charge is 2.32. The van der Waals surface area contributed by atoms with E-state index in [1.165, 1.54) is 12.1 Å². The number of sulfonamides is 1. The normalized spacial score (nSPS) is 15.5. The van der Waals surface area contributed by atoms with E-state index < -0.39 is 28.1 Å². The topological polar surface area (TPSA) is 104 Å². The van der Waals surface area contributed by atoms with Crippen LogP contribution >= 0.6 is 22.9 Å². The van der Waals surface area contributed by atoms with Crippen molar-refractivity contribution in [3.8, 4) is 0 Å². The third kappa shape index (κ3) is 3.65. The second kappa shape index (κ2) is 4.91. The molecular weight excluding hydrogens is 290 g/mol. The zero-order valence-electron chi connectivity index (χ0n) is 8.68. The number of rotatable bonds is 5. The van der Waals surface area contributed by atoms with Crippen molar-refractivity contribution < 1.29 is 23.4 Å². The van der Waals surface area contributed by atoms with Crippen LogP contribution in [0.15, 0.2) is 16.3 Å². The van der Waals surface area contributed by atoms with Crippen molar-refractivity contribution in [2.24, 2.45) is 0 Å². The fourth-order valence-electron chi connectivity index (χ4n) is 0.824. The van der Waals surface area contributed by atoms with Crippen molar-refractivity contribution >= 4 is 38.9 Å². The molecule has 0 radical (unpaired) electrons. The summed E-state index contributed by atoms with van der Waals surface area (Å²) < 4.78 is 25.6. The SMILES string of the molecule is CC(O)(CNS(=O)(=O)c1ccc(Cl)s1)C(=O)O. The Kier molecular flexibility index (Phi) is 4.15. The van der Waals surface area contributed by atoms with E-state index in [-0.39, 0.29) is 4.21 Å². The summed E-state index contributed by atoms with van der Waals surface area (Å²) in [5.41, 5.74) is -2.16. The van der Waals surface area contributed by atoms with Crippen molar-refractivity contribution in [1.29, 1.82) is 0 Å². The van der Waals surface area contributed by atoms with E-state index in [1.54, 1.807) is 0 Å². The van der Waals surface area contributed by atoms with Crippen LogP contribution in [0.5, 0.6) is 0 Å². The third-order valence-corrected chi connectivity index (χ3v) is 5.00. The zero-order chi connectivity index (χ0) is 13.3. The Hall–Kier alpha value is -0.670. The van der Waals surface area contributed by atoms with Gasteiger partial charge in [0, 0.05) is 0 Å². The molecule has 3 N–H and O–H groups in total. The summed E-state index contributed by atoms with van der Waals surface area (Å²) >= 11 is 6.43. The summed E-state index contributed by atoms with van der Waals surface area (Å²) in [6, 6.07) is 2.71. The van der Waals surface area contributed by atoms with Crippen LogP contribution in [0.2, 0.25) is 4.34 Å².